The van der Waals surface area contributed by atoms with Crippen molar-refractivity contribution in [3.63, 3.8) is 0 Å². The molecule has 1 aromatic rings. The lowest BCUT2D eigenvalue weighted by atomic mass is 10.0. The van der Waals surface area contributed by atoms with Crippen molar-refractivity contribution in [2.45, 2.75) is 38.6 Å². The van der Waals surface area contributed by atoms with Crippen LogP contribution in [0.25, 0.3) is 0 Å². The maximum Gasteiger partial charge on any atom is 0.307 e. The molecule has 1 aromatic carbocycles. The van der Waals surface area contributed by atoms with Gasteiger partial charge in [0.2, 0.25) is 0 Å². The highest BCUT2D eigenvalue weighted by molar-refractivity contribution is 5.70. The van der Waals surface area contributed by atoms with Crippen molar-refractivity contribution in [2.24, 2.45) is 5.73 Å². The monoisotopic (exact) mass is 267 g/mol. The van der Waals surface area contributed by atoms with Crippen LogP contribution in [-0.2, 0) is 16.0 Å². The second kappa shape index (κ2) is 7.63. The number of benzene rings is 1. The van der Waals surface area contributed by atoms with Crippen LogP contribution in [0.2, 0.25) is 0 Å². The molecule has 0 aliphatic heterocycles. The van der Waals surface area contributed by atoms with Crippen LogP contribution in [0.15, 0.2) is 18.2 Å². The zero-order valence-corrected chi connectivity index (χ0v) is 11.1. The Morgan fingerprint density at radius 2 is 2.11 bits per heavy atom. The lowest BCUT2D eigenvalue weighted by Crippen LogP contribution is -2.27. The molecule has 5 nitrogen and oxygen atoms in total. The number of nitrogens with two attached hydrogens (primary N) is 1. The van der Waals surface area contributed by atoms with Gasteiger partial charge >= 0.3 is 5.97 Å². The van der Waals surface area contributed by atoms with Crippen molar-refractivity contribution in [2.75, 3.05) is 6.61 Å². The summed E-state index contributed by atoms with van der Waals surface area (Å²) in [6.45, 7) is 2.46. The van der Waals surface area contributed by atoms with E-state index < -0.39 is 0 Å². The quantitative estimate of drug-likeness (QED) is 0.397. The van der Waals surface area contributed by atoms with Gasteiger partial charge in [-0.05, 0) is 30.5 Å². The Morgan fingerprint density at radius 1 is 1.37 bits per heavy atom. The number of phenols is 2. The third kappa shape index (κ3) is 5.61. The number of aromatic hydroxyl groups is 2. The van der Waals surface area contributed by atoms with Crippen LogP contribution in [0.1, 0.15) is 31.7 Å². The molecule has 0 aliphatic carbocycles. The largest absolute Gasteiger partial charge is 0.504 e. The average Bonchev–Trinajstić information content (AvgIpc) is 2.34. The summed E-state index contributed by atoms with van der Waals surface area (Å²) in [7, 11) is 0. The van der Waals surface area contributed by atoms with Crippen molar-refractivity contribution >= 4 is 5.97 Å². The second-order valence-electron chi connectivity index (χ2n) is 4.57. The molecule has 1 rings (SSSR count). The van der Waals surface area contributed by atoms with E-state index in [2.05, 4.69) is 0 Å². The minimum atomic E-state index is -0.363. The summed E-state index contributed by atoms with van der Waals surface area (Å²) in [5.74, 6) is -0.657. The number of carbonyl (C=O) groups excluding carboxylic acids is 1. The predicted octanol–water partition coefficient (Wildman–Crippen LogP) is 1.70. The molecule has 4 N–H and O–H groups in total. The lowest BCUT2D eigenvalue weighted by molar-refractivity contribution is -0.144. The van der Waals surface area contributed by atoms with E-state index >= 15 is 0 Å². The van der Waals surface area contributed by atoms with Gasteiger partial charge in [0.15, 0.2) is 11.5 Å². The third-order valence-electron chi connectivity index (χ3n) is 2.73. The van der Waals surface area contributed by atoms with Gasteiger partial charge in [0.25, 0.3) is 0 Å². The van der Waals surface area contributed by atoms with Crippen LogP contribution in [0.3, 0.4) is 0 Å². The molecule has 106 valence electrons. The molecule has 0 bridgehead atoms. The number of phenolic OH excluding ortho intramolecular Hbond substituents is 2. The number of esters is 1. The molecule has 0 spiro atoms. The summed E-state index contributed by atoms with van der Waals surface area (Å²) in [6.07, 6.45) is 2.42. The van der Waals surface area contributed by atoms with Crippen molar-refractivity contribution in [3.05, 3.63) is 23.8 Å². The molecule has 19 heavy (non-hydrogen) atoms. The summed E-state index contributed by atoms with van der Waals surface area (Å²) < 4.78 is 5.03. The average molecular weight is 267 g/mol. The second-order valence-corrected chi connectivity index (χ2v) is 4.57. The fourth-order valence-corrected chi connectivity index (χ4v) is 1.67. The number of rotatable bonds is 7. The Hall–Kier alpha value is -1.75. The van der Waals surface area contributed by atoms with Gasteiger partial charge in [-0.3, -0.25) is 4.79 Å². The Labute approximate surface area is 113 Å². The SMILES string of the molecule is CCCCOC(=O)C[C@@H](N)Cc1ccc(O)c(O)c1. The molecule has 5 heteroatoms. The molecule has 0 heterocycles. The Bertz CT molecular complexity index is 420. The van der Waals surface area contributed by atoms with Crippen molar-refractivity contribution < 1.29 is 19.7 Å². The molecule has 0 saturated heterocycles. The van der Waals surface area contributed by atoms with Crippen molar-refractivity contribution in [1.29, 1.82) is 0 Å². The summed E-state index contributed by atoms with van der Waals surface area (Å²) in [5, 5.41) is 18.5. The van der Waals surface area contributed by atoms with Crippen LogP contribution in [0.4, 0.5) is 0 Å². The molecular formula is C14H21NO4. The fourth-order valence-electron chi connectivity index (χ4n) is 1.67. The Kier molecular flexibility index (Phi) is 6.15. The number of ether oxygens (including phenoxy) is 1. The van der Waals surface area contributed by atoms with Gasteiger partial charge in [0, 0.05) is 6.04 Å². The minimum absolute atomic E-state index is 0.144. The van der Waals surface area contributed by atoms with Gasteiger partial charge in [-0.15, -0.1) is 0 Å². The molecule has 0 radical (unpaired) electrons. The standard InChI is InChI=1S/C14H21NO4/c1-2-3-6-19-14(18)9-11(15)7-10-4-5-12(16)13(17)8-10/h4-5,8,11,16-17H,2-3,6-7,9,15H2,1H3/t11-/m0/s1. The van der Waals surface area contributed by atoms with Crippen LogP contribution >= 0.6 is 0 Å². The molecule has 0 fully saturated rings. The van der Waals surface area contributed by atoms with Gasteiger partial charge in [-0.1, -0.05) is 19.4 Å². The summed E-state index contributed by atoms with van der Waals surface area (Å²) >= 11 is 0. The molecule has 1 atom stereocenters. The van der Waals surface area contributed by atoms with Gasteiger partial charge in [-0.2, -0.15) is 0 Å². The molecular weight excluding hydrogens is 246 g/mol. The first-order chi connectivity index (χ1) is 9.02. The first kappa shape index (κ1) is 15.3. The number of carbonyl (C=O) groups is 1. The lowest BCUT2D eigenvalue weighted by Gasteiger charge is -2.11. The fraction of sp³-hybridized carbons (Fsp3) is 0.500. The Morgan fingerprint density at radius 3 is 2.74 bits per heavy atom. The zero-order chi connectivity index (χ0) is 14.3. The summed E-state index contributed by atoms with van der Waals surface area (Å²) in [4.78, 5) is 11.4. The van der Waals surface area contributed by atoms with Gasteiger partial charge < -0.3 is 20.7 Å². The molecule has 0 saturated carbocycles. The van der Waals surface area contributed by atoms with E-state index in [0.717, 1.165) is 18.4 Å². The maximum atomic E-state index is 11.4. The first-order valence-electron chi connectivity index (χ1n) is 6.45. The topological polar surface area (TPSA) is 92.8 Å². The number of hydrogen-bond acceptors (Lipinski definition) is 5. The summed E-state index contributed by atoms with van der Waals surface area (Å²) in [6, 6.07) is 4.14. The van der Waals surface area contributed by atoms with Gasteiger partial charge in [0.1, 0.15) is 0 Å². The van der Waals surface area contributed by atoms with Crippen LogP contribution in [-0.4, -0.2) is 28.8 Å². The first-order valence-corrected chi connectivity index (χ1v) is 6.45. The minimum Gasteiger partial charge on any atom is -0.504 e. The predicted molar refractivity (Wildman–Crippen MR) is 71.9 cm³/mol. The van der Waals surface area contributed by atoms with Crippen molar-refractivity contribution in [3.8, 4) is 11.5 Å². The van der Waals surface area contributed by atoms with Gasteiger partial charge in [0.05, 0.1) is 13.0 Å². The maximum absolute atomic E-state index is 11.4. The van der Waals surface area contributed by atoms with E-state index in [9.17, 15) is 15.0 Å². The molecule has 0 aliphatic rings. The van der Waals surface area contributed by atoms with E-state index in [1.165, 1.54) is 12.1 Å². The molecule has 0 unspecified atom stereocenters. The smallest absolute Gasteiger partial charge is 0.307 e. The van der Waals surface area contributed by atoms with Crippen LogP contribution in [0.5, 0.6) is 11.5 Å². The summed E-state index contributed by atoms with van der Waals surface area (Å²) in [5.41, 5.74) is 6.62. The number of unbranched alkanes of at least 4 members (excludes halogenated alkanes) is 1. The third-order valence-corrected chi connectivity index (χ3v) is 2.73. The normalized spacial score (nSPS) is 12.1. The number of hydrogen-bond donors (Lipinski definition) is 3. The van der Waals surface area contributed by atoms with E-state index in [1.807, 2.05) is 6.92 Å². The Balaban J connectivity index is 2.39. The van der Waals surface area contributed by atoms with Crippen LogP contribution in [0, 0.1) is 0 Å². The molecule has 0 amide bonds. The van der Waals surface area contributed by atoms with E-state index in [1.54, 1.807) is 6.07 Å². The van der Waals surface area contributed by atoms with E-state index in [0.29, 0.717) is 13.0 Å². The molecule has 0 aromatic heterocycles. The van der Waals surface area contributed by atoms with Crippen LogP contribution < -0.4 is 5.73 Å². The zero-order valence-electron chi connectivity index (χ0n) is 11.1. The highest BCUT2D eigenvalue weighted by Gasteiger charge is 2.12. The van der Waals surface area contributed by atoms with E-state index in [-0.39, 0.29) is 29.9 Å². The van der Waals surface area contributed by atoms with Gasteiger partial charge in [-0.25, -0.2) is 0 Å². The van der Waals surface area contributed by atoms with E-state index in [4.69, 9.17) is 10.5 Å². The highest BCUT2D eigenvalue weighted by atomic mass is 16.5. The highest BCUT2D eigenvalue weighted by Crippen LogP contribution is 2.25. The van der Waals surface area contributed by atoms with Crippen molar-refractivity contribution in [1.82, 2.24) is 0 Å².